The molecule has 104 valence electrons. The van der Waals surface area contributed by atoms with E-state index in [9.17, 15) is 0 Å². The van der Waals surface area contributed by atoms with Crippen LogP contribution < -0.4 is 10.6 Å². The van der Waals surface area contributed by atoms with E-state index in [0.717, 1.165) is 10.8 Å². The smallest absolute Gasteiger partial charge is 0.171 e. The average Bonchev–Trinajstić information content (AvgIpc) is 2.63. The maximum atomic E-state index is 5.46. The van der Waals surface area contributed by atoms with Gasteiger partial charge in [0.05, 0.1) is 0 Å². The van der Waals surface area contributed by atoms with E-state index in [1.807, 2.05) is 0 Å². The molecule has 1 fully saturated rings. The summed E-state index contributed by atoms with van der Waals surface area (Å²) >= 11 is 5.46. The van der Waals surface area contributed by atoms with Crippen molar-refractivity contribution in [2.45, 2.75) is 58.4 Å². The fourth-order valence-electron chi connectivity index (χ4n) is 2.77. The van der Waals surface area contributed by atoms with E-state index in [0.29, 0.717) is 6.04 Å². The summed E-state index contributed by atoms with van der Waals surface area (Å²) in [6.45, 7) is 4.23. The number of hydrogen-bond acceptors (Lipinski definition) is 1. The Hall–Kier alpha value is -1.09. The third-order valence-corrected chi connectivity index (χ3v) is 4.13. The van der Waals surface area contributed by atoms with Crippen LogP contribution in [0.3, 0.4) is 0 Å². The lowest BCUT2D eigenvalue weighted by atomic mass is 10.1. The van der Waals surface area contributed by atoms with Gasteiger partial charge >= 0.3 is 0 Å². The first-order chi connectivity index (χ1) is 9.16. The quantitative estimate of drug-likeness (QED) is 0.621. The molecule has 2 N–H and O–H groups in total. The zero-order chi connectivity index (χ0) is 13.7. The Balaban J connectivity index is 1.93. The maximum Gasteiger partial charge on any atom is 0.171 e. The number of para-hydroxylation sites is 1. The molecule has 0 aromatic heterocycles. The predicted octanol–water partition coefficient (Wildman–Crippen LogP) is 4.31. The Morgan fingerprint density at radius 1 is 1.05 bits per heavy atom. The monoisotopic (exact) mass is 276 g/mol. The molecule has 0 atom stereocenters. The minimum absolute atomic E-state index is 0.548. The average molecular weight is 276 g/mol. The van der Waals surface area contributed by atoms with Crippen molar-refractivity contribution in [1.82, 2.24) is 5.32 Å². The van der Waals surface area contributed by atoms with Crippen molar-refractivity contribution < 1.29 is 0 Å². The first-order valence-electron chi connectivity index (χ1n) is 7.30. The van der Waals surface area contributed by atoms with Crippen LogP contribution in [0.25, 0.3) is 0 Å². The number of benzene rings is 1. The second-order valence-corrected chi connectivity index (χ2v) is 5.96. The molecule has 1 aromatic carbocycles. The van der Waals surface area contributed by atoms with Gasteiger partial charge in [-0.3, -0.25) is 0 Å². The number of anilines is 1. The number of rotatable bonds is 2. The zero-order valence-electron chi connectivity index (χ0n) is 12.0. The summed E-state index contributed by atoms with van der Waals surface area (Å²) in [7, 11) is 0. The van der Waals surface area contributed by atoms with Crippen LogP contribution in [0.5, 0.6) is 0 Å². The first-order valence-corrected chi connectivity index (χ1v) is 7.71. The van der Waals surface area contributed by atoms with Crippen LogP contribution in [0.1, 0.15) is 49.7 Å². The fraction of sp³-hybridized carbons (Fsp3) is 0.562. The summed E-state index contributed by atoms with van der Waals surface area (Å²) in [4.78, 5) is 0. The van der Waals surface area contributed by atoms with Crippen molar-refractivity contribution in [2.24, 2.45) is 0 Å². The maximum absolute atomic E-state index is 5.46. The molecule has 3 heteroatoms. The molecular weight excluding hydrogens is 252 g/mol. The molecule has 0 radical (unpaired) electrons. The lowest BCUT2D eigenvalue weighted by Gasteiger charge is -2.20. The largest absolute Gasteiger partial charge is 0.360 e. The topological polar surface area (TPSA) is 24.1 Å². The zero-order valence-corrected chi connectivity index (χ0v) is 12.8. The highest BCUT2D eigenvalue weighted by molar-refractivity contribution is 7.80. The van der Waals surface area contributed by atoms with Gasteiger partial charge in [-0.2, -0.15) is 0 Å². The van der Waals surface area contributed by atoms with Crippen molar-refractivity contribution >= 4 is 23.0 Å². The molecule has 1 aliphatic carbocycles. The van der Waals surface area contributed by atoms with Crippen LogP contribution >= 0.6 is 12.2 Å². The van der Waals surface area contributed by atoms with Gasteiger partial charge < -0.3 is 10.6 Å². The molecule has 1 saturated carbocycles. The van der Waals surface area contributed by atoms with Crippen molar-refractivity contribution in [3.8, 4) is 0 Å². The molecule has 2 rings (SSSR count). The first kappa shape index (κ1) is 14.3. The number of thiocarbonyl (C=S) groups is 1. The molecule has 0 spiro atoms. The highest BCUT2D eigenvalue weighted by atomic mass is 32.1. The summed E-state index contributed by atoms with van der Waals surface area (Å²) in [5, 5.41) is 7.62. The third-order valence-electron chi connectivity index (χ3n) is 3.91. The summed E-state index contributed by atoms with van der Waals surface area (Å²) in [6.07, 6.45) is 7.88. The van der Waals surface area contributed by atoms with Gasteiger partial charge in [-0.15, -0.1) is 0 Å². The Morgan fingerprint density at radius 3 is 2.21 bits per heavy atom. The van der Waals surface area contributed by atoms with E-state index in [4.69, 9.17) is 12.2 Å². The number of aryl methyl sites for hydroxylation is 2. The van der Waals surface area contributed by atoms with Crippen LogP contribution in [0.15, 0.2) is 18.2 Å². The van der Waals surface area contributed by atoms with Crippen LogP contribution in [0, 0.1) is 13.8 Å². The molecular formula is C16H24N2S. The molecule has 1 aliphatic rings. The highest BCUT2D eigenvalue weighted by Gasteiger charge is 2.13. The molecule has 0 aliphatic heterocycles. The Bertz CT molecular complexity index is 414. The molecule has 0 saturated heterocycles. The molecule has 0 heterocycles. The van der Waals surface area contributed by atoms with Gasteiger partial charge in [-0.05, 0) is 50.0 Å². The number of hydrogen-bond donors (Lipinski definition) is 2. The fourth-order valence-corrected chi connectivity index (χ4v) is 3.04. The Kier molecular flexibility index (Phi) is 5.20. The minimum atomic E-state index is 0.548. The molecule has 0 amide bonds. The van der Waals surface area contributed by atoms with E-state index in [-0.39, 0.29) is 0 Å². The second-order valence-electron chi connectivity index (χ2n) is 5.55. The van der Waals surface area contributed by atoms with Gasteiger partial charge in [0.25, 0.3) is 0 Å². The van der Waals surface area contributed by atoms with Crippen LogP contribution in [0.2, 0.25) is 0 Å². The van der Waals surface area contributed by atoms with Crippen molar-refractivity contribution in [2.75, 3.05) is 5.32 Å². The summed E-state index contributed by atoms with van der Waals surface area (Å²) in [5.74, 6) is 0. The van der Waals surface area contributed by atoms with Crippen molar-refractivity contribution in [3.63, 3.8) is 0 Å². The van der Waals surface area contributed by atoms with Gasteiger partial charge in [0.2, 0.25) is 0 Å². The SMILES string of the molecule is Cc1cccc(C)c1NC(=S)NC1CCCCCC1. The summed E-state index contributed by atoms with van der Waals surface area (Å²) in [6, 6.07) is 6.86. The van der Waals surface area contributed by atoms with E-state index < -0.39 is 0 Å². The normalized spacial score (nSPS) is 16.7. The van der Waals surface area contributed by atoms with Gasteiger partial charge in [0.1, 0.15) is 0 Å². The molecule has 0 bridgehead atoms. The molecule has 2 nitrogen and oxygen atoms in total. The third kappa shape index (κ3) is 4.20. The van der Waals surface area contributed by atoms with Crippen molar-refractivity contribution in [1.29, 1.82) is 0 Å². The van der Waals surface area contributed by atoms with E-state index >= 15 is 0 Å². The van der Waals surface area contributed by atoms with E-state index in [1.54, 1.807) is 0 Å². The van der Waals surface area contributed by atoms with Gasteiger partial charge in [-0.25, -0.2) is 0 Å². The van der Waals surface area contributed by atoms with Gasteiger partial charge in [0, 0.05) is 11.7 Å². The predicted molar refractivity (Wildman–Crippen MR) is 86.8 cm³/mol. The standard InChI is InChI=1S/C16H24N2S/c1-12-8-7-9-13(2)15(12)18-16(19)17-14-10-5-3-4-6-11-14/h7-9,14H,3-6,10-11H2,1-2H3,(H2,17,18,19). The molecule has 0 unspecified atom stereocenters. The van der Waals surface area contributed by atoms with Crippen LogP contribution in [0.4, 0.5) is 5.69 Å². The van der Waals surface area contributed by atoms with E-state index in [1.165, 1.54) is 49.7 Å². The molecule has 19 heavy (non-hydrogen) atoms. The highest BCUT2D eigenvalue weighted by Crippen LogP contribution is 2.20. The van der Waals surface area contributed by atoms with Gasteiger partial charge in [-0.1, -0.05) is 43.9 Å². The van der Waals surface area contributed by atoms with Crippen LogP contribution in [-0.2, 0) is 0 Å². The second kappa shape index (κ2) is 6.90. The Labute approximate surface area is 122 Å². The summed E-state index contributed by atoms with van der Waals surface area (Å²) < 4.78 is 0. The lowest BCUT2D eigenvalue weighted by Crippen LogP contribution is -2.37. The van der Waals surface area contributed by atoms with Crippen molar-refractivity contribution in [3.05, 3.63) is 29.3 Å². The Morgan fingerprint density at radius 2 is 1.63 bits per heavy atom. The summed E-state index contributed by atoms with van der Waals surface area (Å²) in [5.41, 5.74) is 3.63. The lowest BCUT2D eigenvalue weighted by molar-refractivity contribution is 0.535. The van der Waals surface area contributed by atoms with Gasteiger partial charge in [0.15, 0.2) is 5.11 Å². The van der Waals surface area contributed by atoms with Crippen LogP contribution in [-0.4, -0.2) is 11.2 Å². The number of nitrogens with one attached hydrogen (secondary N) is 2. The molecule has 1 aromatic rings. The minimum Gasteiger partial charge on any atom is -0.360 e. The van der Waals surface area contributed by atoms with E-state index in [2.05, 4.69) is 42.7 Å².